The standard InChI is InChI=1S/C19H22F2N2O/c1-3-7-18(14-8-5-4-6-9-14)23-19(24)13(2)22-15-10-11-16(20)17(21)12-15/h4-6,8-13,18,22H,3,7H2,1-2H3,(H,23,24). The number of hydrogen-bond acceptors (Lipinski definition) is 2. The molecule has 2 N–H and O–H groups in total. The van der Waals surface area contributed by atoms with Crippen LogP contribution < -0.4 is 10.6 Å². The topological polar surface area (TPSA) is 41.1 Å². The fraction of sp³-hybridized carbons (Fsp3) is 0.316. The fourth-order valence-corrected chi connectivity index (χ4v) is 2.49. The second kappa shape index (κ2) is 8.43. The lowest BCUT2D eigenvalue weighted by Gasteiger charge is -2.22. The molecule has 0 radical (unpaired) electrons. The minimum Gasteiger partial charge on any atom is -0.374 e. The molecule has 2 atom stereocenters. The van der Waals surface area contributed by atoms with Crippen LogP contribution >= 0.6 is 0 Å². The summed E-state index contributed by atoms with van der Waals surface area (Å²) in [6.07, 6.45) is 1.76. The van der Waals surface area contributed by atoms with Crippen molar-refractivity contribution in [1.82, 2.24) is 5.32 Å². The maximum absolute atomic E-state index is 13.2. The number of hydrogen-bond donors (Lipinski definition) is 2. The van der Waals surface area contributed by atoms with Crippen molar-refractivity contribution in [2.75, 3.05) is 5.32 Å². The van der Waals surface area contributed by atoms with Crippen LogP contribution in [0.4, 0.5) is 14.5 Å². The van der Waals surface area contributed by atoms with Gasteiger partial charge in [0.2, 0.25) is 5.91 Å². The van der Waals surface area contributed by atoms with E-state index in [1.165, 1.54) is 6.07 Å². The van der Waals surface area contributed by atoms with Gasteiger partial charge in [-0.25, -0.2) is 8.78 Å². The second-order valence-electron chi connectivity index (χ2n) is 5.76. The Hall–Kier alpha value is -2.43. The molecule has 2 aromatic carbocycles. The number of halogens is 2. The van der Waals surface area contributed by atoms with Crippen LogP contribution in [0.15, 0.2) is 48.5 Å². The number of rotatable bonds is 7. The lowest BCUT2D eigenvalue weighted by atomic mass is 10.0. The Morgan fingerprint density at radius 3 is 2.42 bits per heavy atom. The van der Waals surface area contributed by atoms with E-state index >= 15 is 0 Å². The van der Waals surface area contributed by atoms with Crippen molar-refractivity contribution in [2.45, 2.75) is 38.8 Å². The van der Waals surface area contributed by atoms with Gasteiger partial charge in [-0.3, -0.25) is 4.79 Å². The van der Waals surface area contributed by atoms with Gasteiger partial charge in [-0.15, -0.1) is 0 Å². The maximum atomic E-state index is 13.2. The lowest BCUT2D eigenvalue weighted by molar-refractivity contribution is -0.122. The zero-order chi connectivity index (χ0) is 17.5. The number of carbonyl (C=O) groups is 1. The Labute approximate surface area is 141 Å². The molecule has 0 saturated carbocycles. The van der Waals surface area contributed by atoms with Gasteiger partial charge in [0.1, 0.15) is 6.04 Å². The molecule has 0 spiro atoms. The molecule has 5 heteroatoms. The van der Waals surface area contributed by atoms with Crippen LogP contribution in [0, 0.1) is 11.6 Å². The Balaban J connectivity index is 2.02. The molecule has 0 heterocycles. The van der Waals surface area contributed by atoms with Crippen molar-refractivity contribution in [1.29, 1.82) is 0 Å². The van der Waals surface area contributed by atoms with Gasteiger partial charge in [0.25, 0.3) is 0 Å². The van der Waals surface area contributed by atoms with Gasteiger partial charge >= 0.3 is 0 Å². The highest BCUT2D eigenvalue weighted by molar-refractivity contribution is 5.84. The molecule has 2 aromatic rings. The van der Waals surface area contributed by atoms with E-state index in [4.69, 9.17) is 0 Å². The molecule has 0 bridgehead atoms. The average Bonchev–Trinajstić information content (AvgIpc) is 2.58. The molecular formula is C19H22F2N2O. The number of benzene rings is 2. The highest BCUT2D eigenvalue weighted by atomic mass is 19.2. The molecule has 3 nitrogen and oxygen atoms in total. The molecule has 0 aliphatic heterocycles. The third-order valence-corrected chi connectivity index (χ3v) is 3.79. The van der Waals surface area contributed by atoms with E-state index < -0.39 is 17.7 Å². The van der Waals surface area contributed by atoms with Crippen molar-refractivity contribution < 1.29 is 13.6 Å². The van der Waals surface area contributed by atoms with Crippen LogP contribution in [0.3, 0.4) is 0 Å². The predicted octanol–water partition coefficient (Wildman–Crippen LogP) is 4.42. The summed E-state index contributed by atoms with van der Waals surface area (Å²) in [5.74, 6) is -2.05. The van der Waals surface area contributed by atoms with Crippen LogP contribution in [0.5, 0.6) is 0 Å². The summed E-state index contributed by atoms with van der Waals surface area (Å²) in [5, 5.41) is 5.90. The van der Waals surface area contributed by atoms with E-state index in [2.05, 4.69) is 17.6 Å². The largest absolute Gasteiger partial charge is 0.374 e. The van der Waals surface area contributed by atoms with Crippen LogP contribution in [0.25, 0.3) is 0 Å². The SMILES string of the molecule is CCCC(NC(=O)C(C)Nc1ccc(F)c(F)c1)c1ccccc1. The highest BCUT2D eigenvalue weighted by Gasteiger charge is 2.18. The lowest BCUT2D eigenvalue weighted by Crippen LogP contribution is -2.39. The minimum absolute atomic E-state index is 0.0714. The first-order valence-corrected chi connectivity index (χ1v) is 8.08. The summed E-state index contributed by atoms with van der Waals surface area (Å²) < 4.78 is 26.2. The monoisotopic (exact) mass is 332 g/mol. The van der Waals surface area contributed by atoms with Crippen molar-refractivity contribution in [2.24, 2.45) is 0 Å². The molecule has 0 saturated heterocycles. The van der Waals surface area contributed by atoms with E-state index in [1.54, 1.807) is 6.92 Å². The Bertz CT molecular complexity index is 676. The maximum Gasteiger partial charge on any atom is 0.242 e. The van der Waals surface area contributed by atoms with Gasteiger partial charge in [-0.05, 0) is 31.0 Å². The molecule has 0 fully saturated rings. The van der Waals surface area contributed by atoms with E-state index in [1.807, 2.05) is 30.3 Å². The first-order chi connectivity index (χ1) is 11.5. The third-order valence-electron chi connectivity index (χ3n) is 3.79. The average molecular weight is 332 g/mol. The minimum atomic E-state index is -0.944. The first kappa shape index (κ1) is 17.9. The Morgan fingerprint density at radius 1 is 1.08 bits per heavy atom. The summed E-state index contributed by atoms with van der Waals surface area (Å²) in [7, 11) is 0. The fourth-order valence-electron chi connectivity index (χ4n) is 2.49. The van der Waals surface area contributed by atoms with E-state index in [0.717, 1.165) is 30.5 Å². The van der Waals surface area contributed by atoms with Gasteiger partial charge in [0.15, 0.2) is 11.6 Å². The number of anilines is 1. The molecule has 2 rings (SSSR count). The second-order valence-corrected chi connectivity index (χ2v) is 5.76. The van der Waals surface area contributed by atoms with Crippen molar-refractivity contribution in [3.8, 4) is 0 Å². The van der Waals surface area contributed by atoms with E-state index in [0.29, 0.717) is 5.69 Å². The predicted molar refractivity (Wildman–Crippen MR) is 91.7 cm³/mol. The molecule has 1 amide bonds. The summed E-state index contributed by atoms with van der Waals surface area (Å²) in [5.41, 5.74) is 1.41. The normalized spacial score (nSPS) is 13.2. The number of nitrogens with one attached hydrogen (secondary N) is 2. The Morgan fingerprint density at radius 2 is 1.79 bits per heavy atom. The quantitative estimate of drug-likeness (QED) is 0.788. The Kier molecular flexibility index (Phi) is 6.29. The summed E-state index contributed by atoms with van der Waals surface area (Å²) in [4.78, 5) is 12.4. The number of amides is 1. The van der Waals surface area contributed by atoms with Gasteiger partial charge < -0.3 is 10.6 Å². The third kappa shape index (κ3) is 4.78. The molecule has 0 aliphatic rings. The van der Waals surface area contributed by atoms with Crippen LogP contribution in [-0.2, 0) is 4.79 Å². The van der Waals surface area contributed by atoms with Crippen molar-refractivity contribution in [3.05, 3.63) is 65.7 Å². The molecule has 0 aliphatic carbocycles. The van der Waals surface area contributed by atoms with Crippen LogP contribution in [0.2, 0.25) is 0 Å². The van der Waals surface area contributed by atoms with E-state index in [-0.39, 0.29) is 11.9 Å². The van der Waals surface area contributed by atoms with Crippen molar-refractivity contribution in [3.63, 3.8) is 0 Å². The molecule has 24 heavy (non-hydrogen) atoms. The first-order valence-electron chi connectivity index (χ1n) is 8.08. The van der Waals surface area contributed by atoms with Gasteiger partial charge in [-0.1, -0.05) is 43.7 Å². The summed E-state index contributed by atoms with van der Waals surface area (Å²) in [6, 6.07) is 12.6. The highest BCUT2D eigenvalue weighted by Crippen LogP contribution is 2.19. The molecule has 128 valence electrons. The van der Waals surface area contributed by atoms with Gasteiger partial charge in [-0.2, -0.15) is 0 Å². The molecular weight excluding hydrogens is 310 g/mol. The van der Waals surface area contributed by atoms with Gasteiger partial charge in [0, 0.05) is 11.8 Å². The molecule has 2 unspecified atom stereocenters. The summed E-state index contributed by atoms with van der Waals surface area (Å²) in [6.45, 7) is 3.75. The van der Waals surface area contributed by atoms with Gasteiger partial charge in [0.05, 0.1) is 6.04 Å². The number of carbonyl (C=O) groups excluding carboxylic acids is 1. The zero-order valence-electron chi connectivity index (χ0n) is 13.9. The summed E-state index contributed by atoms with van der Waals surface area (Å²) >= 11 is 0. The molecule has 0 aromatic heterocycles. The van der Waals surface area contributed by atoms with E-state index in [9.17, 15) is 13.6 Å². The zero-order valence-corrected chi connectivity index (χ0v) is 13.9. The van der Waals surface area contributed by atoms with Crippen LogP contribution in [-0.4, -0.2) is 11.9 Å². The van der Waals surface area contributed by atoms with Crippen molar-refractivity contribution >= 4 is 11.6 Å². The van der Waals surface area contributed by atoms with Crippen LogP contribution in [0.1, 0.15) is 38.3 Å². The smallest absolute Gasteiger partial charge is 0.242 e.